The van der Waals surface area contributed by atoms with E-state index in [-0.39, 0.29) is 19.2 Å². The maximum Gasteiger partial charge on any atom is 0.321 e. The van der Waals surface area contributed by atoms with Crippen LogP contribution in [-0.4, -0.2) is 40.1 Å². The first-order valence-corrected chi connectivity index (χ1v) is 6.55. The van der Waals surface area contributed by atoms with Gasteiger partial charge >= 0.3 is 17.7 Å². The number of nitro groups is 2. The van der Waals surface area contributed by atoms with Gasteiger partial charge in [0.05, 0.1) is 9.85 Å². The molecular formula is C12H12F3N3O6. The molecule has 0 heterocycles. The van der Waals surface area contributed by atoms with Gasteiger partial charge in [-0.25, -0.2) is 0 Å². The first-order chi connectivity index (χ1) is 11.1. The number of likely N-dealkylation sites (N-methyl/N-ethyl adjacent to an activating group) is 1. The van der Waals surface area contributed by atoms with Crippen LogP contribution in [0.1, 0.15) is 13.8 Å². The van der Waals surface area contributed by atoms with Gasteiger partial charge in [-0.3, -0.25) is 25.0 Å². The van der Waals surface area contributed by atoms with Crippen LogP contribution in [0.5, 0.6) is 5.75 Å². The van der Waals surface area contributed by atoms with E-state index in [1.165, 1.54) is 13.8 Å². The SMILES string of the molecule is CCN(CC)C(=O)C(F)Oc1c([N+](=O)[O-])cc([N+](=O)[O-])c(F)c1F. The average molecular weight is 351 g/mol. The van der Waals surface area contributed by atoms with Crippen molar-refractivity contribution in [2.75, 3.05) is 13.1 Å². The number of amides is 1. The lowest BCUT2D eigenvalue weighted by Gasteiger charge is -2.21. The quantitative estimate of drug-likeness (QED) is 0.550. The van der Waals surface area contributed by atoms with Crippen LogP contribution in [-0.2, 0) is 4.79 Å². The highest BCUT2D eigenvalue weighted by Gasteiger charge is 2.35. The number of ether oxygens (including phenoxy) is 1. The van der Waals surface area contributed by atoms with Gasteiger partial charge in [-0.1, -0.05) is 0 Å². The molecule has 0 radical (unpaired) electrons. The van der Waals surface area contributed by atoms with Crippen molar-refractivity contribution >= 4 is 17.3 Å². The van der Waals surface area contributed by atoms with Crippen LogP contribution >= 0.6 is 0 Å². The summed E-state index contributed by atoms with van der Waals surface area (Å²) in [7, 11) is 0. The number of alkyl halides is 1. The fraction of sp³-hybridized carbons (Fsp3) is 0.417. The van der Waals surface area contributed by atoms with Crippen molar-refractivity contribution < 1.29 is 32.5 Å². The number of benzene rings is 1. The zero-order chi connectivity index (χ0) is 18.6. The fourth-order valence-electron chi connectivity index (χ4n) is 1.80. The van der Waals surface area contributed by atoms with Crippen molar-refractivity contribution in [3.63, 3.8) is 0 Å². The van der Waals surface area contributed by atoms with E-state index in [1.807, 2.05) is 0 Å². The smallest absolute Gasteiger partial charge is 0.321 e. The molecule has 0 aliphatic heterocycles. The summed E-state index contributed by atoms with van der Waals surface area (Å²) in [6, 6.07) is 0.0857. The minimum atomic E-state index is -2.85. The third kappa shape index (κ3) is 3.70. The zero-order valence-corrected chi connectivity index (χ0v) is 12.5. The van der Waals surface area contributed by atoms with Crippen molar-refractivity contribution in [3.05, 3.63) is 37.9 Å². The topological polar surface area (TPSA) is 116 Å². The number of nitrogens with zero attached hydrogens (tertiary/aromatic N) is 3. The van der Waals surface area contributed by atoms with E-state index in [2.05, 4.69) is 4.74 Å². The number of carbonyl (C=O) groups is 1. The van der Waals surface area contributed by atoms with E-state index in [0.717, 1.165) is 4.90 Å². The molecule has 9 nitrogen and oxygen atoms in total. The molecule has 1 atom stereocenters. The third-order valence-electron chi connectivity index (χ3n) is 3.01. The predicted molar refractivity (Wildman–Crippen MR) is 73.1 cm³/mol. The molecule has 0 fully saturated rings. The summed E-state index contributed by atoms with van der Waals surface area (Å²) in [5, 5.41) is 21.4. The van der Waals surface area contributed by atoms with Gasteiger partial charge in [-0.2, -0.15) is 13.2 Å². The Labute approximate surface area is 132 Å². The lowest BCUT2D eigenvalue weighted by molar-refractivity contribution is -0.397. The molecule has 0 spiro atoms. The summed E-state index contributed by atoms with van der Waals surface area (Å²) in [5.41, 5.74) is -2.90. The number of rotatable bonds is 7. The molecule has 1 aromatic carbocycles. The Morgan fingerprint density at radius 1 is 1.17 bits per heavy atom. The van der Waals surface area contributed by atoms with Crippen molar-refractivity contribution in [1.82, 2.24) is 4.90 Å². The second-order valence-electron chi connectivity index (χ2n) is 4.33. The lowest BCUT2D eigenvalue weighted by atomic mass is 10.2. The van der Waals surface area contributed by atoms with Crippen LogP contribution in [0.3, 0.4) is 0 Å². The second-order valence-corrected chi connectivity index (χ2v) is 4.33. The molecule has 0 saturated heterocycles. The van der Waals surface area contributed by atoms with Crippen LogP contribution in [0, 0.1) is 31.9 Å². The highest BCUT2D eigenvalue weighted by atomic mass is 19.2. The highest BCUT2D eigenvalue weighted by Crippen LogP contribution is 2.37. The summed E-state index contributed by atoms with van der Waals surface area (Å²) < 4.78 is 45.5. The maximum absolute atomic E-state index is 13.9. The van der Waals surface area contributed by atoms with Crippen LogP contribution in [0.2, 0.25) is 0 Å². The van der Waals surface area contributed by atoms with Gasteiger partial charge in [-0.15, -0.1) is 0 Å². The number of nitro benzene ring substituents is 2. The van der Waals surface area contributed by atoms with E-state index < -0.39 is 50.9 Å². The van der Waals surface area contributed by atoms with E-state index >= 15 is 0 Å². The minimum Gasteiger partial charge on any atom is -0.441 e. The molecular weight excluding hydrogens is 339 g/mol. The van der Waals surface area contributed by atoms with Crippen molar-refractivity contribution in [2.45, 2.75) is 20.2 Å². The van der Waals surface area contributed by atoms with Gasteiger partial charge in [0.25, 0.3) is 5.91 Å². The lowest BCUT2D eigenvalue weighted by Crippen LogP contribution is -2.39. The Morgan fingerprint density at radius 2 is 1.67 bits per heavy atom. The fourth-order valence-corrected chi connectivity index (χ4v) is 1.80. The summed E-state index contributed by atoms with van der Waals surface area (Å²) >= 11 is 0. The Hall–Kier alpha value is -2.92. The Morgan fingerprint density at radius 3 is 2.08 bits per heavy atom. The Kier molecular flexibility index (Phi) is 6.03. The summed E-state index contributed by atoms with van der Waals surface area (Å²) in [6.07, 6.45) is -2.85. The first kappa shape index (κ1) is 19.1. The van der Waals surface area contributed by atoms with Crippen LogP contribution in [0.25, 0.3) is 0 Å². The van der Waals surface area contributed by atoms with Crippen LogP contribution in [0.15, 0.2) is 6.07 Å². The average Bonchev–Trinajstić information content (AvgIpc) is 2.52. The van der Waals surface area contributed by atoms with Crippen molar-refractivity contribution in [2.24, 2.45) is 0 Å². The largest absolute Gasteiger partial charge is 0.441 e. The Bertz CT molecular complexity index is 680. The molecule has 12 heteroatoms. The predicted octanol–water partition coefficient (Wildman–Crippen LogP) is 2.32. The molecule has 1 aromatic rings. The molecule has 1 rings (SSSR count). The van der Waals surface area contributed by atoms with E-state index in [9.17, 15) is 38.2 Å². The zero-order valence-electron chi connectivity index (χ0n) is 12.5. The Balaban J connectivity index is 3.33. The number of halogens is 3. The molecule has 132 valence electrons. The monoisotopic (exact) mass is 351 g/mol. The molecule has 0 bridgehead atoms. The number of carbonyl (C=O) groups excluding carboxylic acids is 1. The van der Waals surface area contributed by atoms with Gasteiger partial charge in [0, 0.05) is 13.1 Å². The third-order valence-corrected chi connectivity index (χ3v) is 3.01. The summed E-state index contributed by atoms with van der Waals surface area (Å²) in [6.45, 7) is 3.20. The van der Waals surface area contributed by atoms with E-state index in [4.69, 9.17) is 0 Å². The normalized spacial score (nSPS) is 11.7. The molecule has 1 amide bonds. The van der Waals surface area contributed by atoms with Crippen LogP contribution < -0.4 is 4.74 Å². The minimum absolute atomic E-state index is 0.0817. The molecule has 0 aliphatic rings. The van der Waals surface area contributed by atoms with Gasteiger partial charge in [-0.05, 0) is 13.8 Å². The van der Waals surface area contributed by atoms with Crippen molar-refractivity contribution in [3.8, 4) is 5.75 Å². The van der Waals surface area contributed by atoms with Gasteiger partial charge in [0.2, 0.25) is 17.4 Å². The summed E-state index contributed by atoms with van der Waals surface area (Å²) in [5.74, 6) is -6.99. The molecule has 0 saturated carbocycles. The first-order valence-electron chi connectivity index (χ1n) is 6.55. The molecule has 0 aromatic heterocycles. The second kappa shape index (κ2) is 7.57. The van der Waals surface area contributed by atoms with E-state index in [1.54, 1.807) is 0 Å². The van der Waals surface area contributed by atoms with Gasteiger partial charge < -0.3 is 9.64 Å². The molecule has 1 unspecified atom stereocenters. The van der Waals surface area contributed by atoms with E-state index in [0.29, 0.717) is 0 Å². The highest BCUT2D eigenvalue weighted by molar-refractivity contribution is 5.80. The van der Waals surface area contributed by atoms with Crippen molar-refractivity contribution in [1.29, 1.82) is 0 Å². The maximum atomic E-state index is 13.9. The van der Waals surface area contributed by atoms with Crippen LogP contribution in [0.4, 0.5) is 24.5 Å². The number of hydrogen-bond acceptors (Lipinski definition) is 6. The molecule has 0 N–H and O–H groups in total. The standard InChI is InChI=1S/C12H12F3N3O6/c1-3-16(4-2)12(19)11(15)24-10-7(18(22)23)5-6(17(20)21)8(13)9(10)14/h5,11H,3-4H2,1-2H3. The number of hydrogen-bond donors (Lipinski definition) is 0. The van der Waals surface area contributed by atoms with Gasteiger partial charge in [0.15, 0.2) is 0 Å². The summed E-state index contributed by atoms with van der Waals surface area (Å²) in [4.78, 5) is 31.4. The molecule has 24 heavy (non-hydrogen) atoms. The van der Waals surface area contributed by atoms with Gasteiger partial charge in [0.1, 0.15) is 6.07 Å². The molecule has 0 aliphatic carbocycles.